The second-order valence-corrected chi connectivity index (χ2v) is 16.7. The van der Waals surface area contributed by atoms with Gasteiger partial charge >= 0.3 is 0 Å². The molecule has 0 bridgehead atoms. The molecule has 6 rings (SSSR count). The highest BCUT2D eigenvalue weighted by molar-refractivity contribution is 7.89. The molecule has 0 heterocycles. The molecular formula is C32H24N5O12S4-. The van der Waals surface area contributed by atoms with Gasteiger partial charge in [0.25, 0.3) is 40.5 Å². The summed E-state index contributed by atoms with van der Waals surface area (Å²) in [5.41, 5.74) is 7.69. The third-order valence-electron chi connectivity index (χ3n) is 7.61. The number of nitrogens with one attached hydrogen (secondary N) is 2. The van der Waals surface area contributed by atoms with E-state index in [9.17, 15) is 51.9 Å². The lowest BCUT2D eigenvalue weighted by atomic mass is 10.1. The summed E-state index contributed by atoms with van der Waals surface area (Å²) in [5, 5.41) is 11.4. The largest absolute Gasteiger partial charge is 0.597 e. The zero-order valence-corrected chi connectivity index (χ0v) is 29.7. The molecule has 0 saturated carbocycles. The van der Waals surface area contributed by atoms with Crippen LogP contribution in [0.3, 0.4) is 0 Å². The first-order valence-corrected chi connectivity index (χ1v) is 20.4. The van der Waals surface area contributed by atoms with Gasteiger partial charge in [-0.3, -0.25) is 18.2 Å². The van der Waals surface area contributed by atoms with Crippen molar-refractivity contribution in [2.75, 3.05) is 10.7 Å². The van der Waals surface area contributed by atoms with Crippen LogP contribution < -0.4 is 10.7 Å². The smallest absolute Gasteiger partial charge is 0.296 e. The SMILES string of the molecule is O=S(=O)(O)c1cccc(N[N-]c2ccc(N=Nc3ccc(Nc4ccccc4)c4c(S(=O)(=O)O)c(S(=O)(=O)O)ccc34)c3cc(S(=O)(=O)O)ccc23)c1. The Kier molecular flexibility index (Phi) is 9.69. The van der Waals surface area contributed by atoms with E-state index < -0.39 is 60.1 Å². The Bertz CT molecular complexity index is 2930. The Balaban J connectivity index is 1.50. The Morgan fingerprint density at radius 1 is 0.509 bits per heavy atom. The van der Waals surface area contributed by atoms with Crippen LogP contribution in [0.25, 0.3) is 27.0 Å². The summed E-state index contributed by atoms with van der Waals surface area (Å²) in [6.45, 7) is 0. The first-order valence-electron chi connectivity index (χ1n) is 14.7. The van der Waals surface area contributed by atoms with E-state index in [1.807, 2.05) is 0 Å². The monoisotopic (exact) mass is 798 g/mol. The van der Waals surface area contributed by atoms with E-state index in [0.29, 0.717) is 5.69 Å². The van der Waals surface area contributed by atoms with Crippen molar-refractivity contribution >= 4 is 96.1 Å². The number of fused-ring (bicyclic) bond motifs is 2. The molecule has 53 heavy (non-hydrogen) atoms. The maximum atomic E-state index is 12.7. The minimum atomic E-state index is -5.32. The van der Waals surface area contributed by atoms with Crippen molar-refractivity contribution in [1.29, 1.82) is 0 Å². The summed E-state index contributed by atoms with van der Waals surface area (Å²) < 4.78 is 136. The van der Waals surface area contributed by atoms with Gasteiger partial charge in [-0.2, -0.15) is 33.7 Å². The molecule has 21 heteroatoms. The quantitative estimate of drug-likeness (QED) is 0.0431. The second kappa shape index (κ2) is 13.8. The van der Waals surface area contributed by atoms with Crippen LogP contribution in [0, 0.1) is 0 Å². The molecule has 6 aromatic rings. The fourth-order valence-corrected chi connectivity index (χ4v) is 8.35. The average Bonchev–Trinajstić information content (AvgIpc) is 3.09. The van der Waals surface area contributed by atoms with Gasteiger partial charge in [0, 0.05) is 33.2 Å². The topological polar surface area (TPSA) is 280 Å². The van der Waals surface area contributed by atoms with Gasteiger partial charge in [-0.05, 0) is 72.1 Å². The van der Waals surface area contributed by atoms with Gasteiger partial charge in [0.05, 0.1) is 21.2 Å². The van der Waals surface area contributed by atoms with Crippen molar-refractivity contribution < 1.29 is 51.9 Å². The molecule has 6 aromatic carbocycles. The summed E-state index contributed by atoms with van der Waals surface area (Å²) in [7, 11) is -19.7. The summed E-state index contributed by atoms with van der Waals surface area (Å²) in [6.07, 6.45) is 0. The fourth-order valence-electron chi connectivity index (χ4n) is 5.31. The summed E-state index contributed by atoms with van der Waals surface area (Å²) in [5.74, 6) is 0. The molecule has 0 aliphatic rings. The highest BCUT2D eigenvalue weighted by Gasteiger charge is 2.29. The van der Waals surface area contributed by atoms with Gasteiger partial charge in [-0.25, -0.2) is 0 Å². The average molecular weight is 799 g/mol. The number of azo groups is 1. The van der Waals surface area contributed by atoms with E-state index in [1.165, 1.54) is 48.5 Å². The Morgan fingerprint density at radius 2 is 1.11 bits per heavy atom. The normalized spacial score (nSPS) is 12.7. The Morgan fingerprint density at radius 3 is 1.75 bits per heavy atom. The summed E-state index contributed by atoms with van der Waals surface area (Å²) >= 11 is 0. The van der Waals surface area contributed by atoms with Gasteiger partial charge in [-0.15, -0.1) is 15.9 Å². The van der Waals surface area contributed by atoms with Crippen LogP contribution in [0.1, 0.15) is 0 Å². The Labute approximate surface area is 302 Å². The standard InChI is InChI=1S/C32H24N5O12S4/c38-50(39,40)21-8-4-7-20(17-21)34-35-26-12-13-28(25-18-22(51(41,42)43)9-10-23(25)26)37-36-27-14-15-29(33-19-5-2-1-3-6-19)31-24(27)11-16-30(52(44,45)46)32(31)53(47,48)49/h1-18,33-34H,(H,38,39,40)(H,41,42,43)(H,44,45,46)(H,47,48,49)/q-1. The predicted octanol–water partition coefficient (Wildman–Crippen LogP) is 7.17. The lowest BCUT2D eigenvalue weighted by Crippen LogP contribution is -2.10. The molecule has 0 amide bonds. The van der Waals surface area contributed by atoms with Crippen LogP contribution in [0.15, 0.2) is 139 Å². The molecule has 0 aromatic heterocycles. The van der Waals surface area contributed by atoms with Crippen LogP contribution in [-0.2, 0) is 40.5 Å². The van der Waals surface area contributed by atoms with E-state index in [-0.39, 0.29) is 50.0 Å². The number of anilines is 3. The van der Waals surface area contributed by atoms with E-state index in [2.05, 4.69) is 26.4 Å². The van der Waals surface area contributed by atoms with Gasteiger partial charge in [0.2, 0.25) is 0 Å². The van der Waals surface area contributed by atoms with Crippen LogP contribution in [0.5, 0.6) is 0 Å². The molecule has 0 aliphatic heterocycles. The number of hydrogen-bond acceptors (Lipinski definition) is 12. The molecule has 0 radical (unpaired) electrons. The maximum absolute atomic E-state index is 12.7. The minimum Gasteiger partial charge on any atom is -0.597 e. The van der Waals surface area contributed by atoms with E-state index in [1.54, 1.807) is 30.3 Å². The van der Waals surface area contributed by atoms with E-state index >= 15 is 0 Å². The molecular weight excluding hydrogens is 775 g/mol. The summed E-state index contributed by atoms with van der Waals surface area (Å²) in [4.78, 5) is -3.13. The van der Waals surface area contributed by atoms with E-state index in [0.717, 1.165) is 30.3 Å². The Hall–Kier alpha value is -5.52. The lowest BCUT2D eigenvalue weighted by Gasteiger charge is -2.27. The first kappa shape index (κ1) is 37.2. The zero-order chi connectivity index (χ0) is 38.3. The predicted molar refractivity (Wildman–Crippen MR) is 194 cm³/mol. The van der Waals surface area contributed by atoms with Crippen molar-refractivity contribution in [2.24, 2.45) is 10.2 Å². The summed E-state index contributed by atoms with van der Waals surface area (Å²) in [6, 6.07) is 24.5. The van der Waals surface area contributed by atoms with Crippen LogP contribution >= 0.6 is 0 Å². The fraction of sp³-hybridized carbons (Fsp3) is 0. The number of rotatable bonds is 11. The molecule has 0 aliphatic carbocycles. The van der Waals surface area contributed by atoms with Gasteiger partial charge in [-0.1, -0.05) is 42.5 Å². The lowest BCUT2D eigenvalue weighted by molar-refractivity contribution is 0.468. The number of para-hydroxylation sites is 1. The van der Waals surface area contributed by atoms with Crippen molar-refractivity contribution in [2.45, 2.75) is 19.6 Å². The van der Waals surface area contributed by atoms with Crippen LogP contribution in [-0.4, -0.2) is 51.9 Å². The van der Waals surface area contributed by atoms with Crippen molar-refractivity contribution in [1.82, 2.24) is 0 Å². The first-order chi connectivity index (χ1) is 24.8. The molecule has 0 saturated heterocycles. The molecule has 0 fully saturated rings. The molecule has 0 unspecified atom stereocenters. The zero-order valence-electron chi connectivity index (χ0n) is 26.4. The molecule has 6 N–H and O–H groups in total. The third kappa shape index (κ3) is 8.11. The third-order valence-corrected chi connectivity index (χ3v) is 11.3. The van der Waals surface area contributed by atoms with E-state index in [4.69, 9.17) is 0 Å². The highest BCUT2D eigenvalue weighted by Crippen LogP contribution is 2.42. The van der Waals surface area contributed by atoms with Crippen LogP contribution in [0.2, 0.25) is 0 Å². The van der Waals surface area contributed by atoms with Gasteiger partial charge in [0.15, 0.2) is 0 Å². The van der Waals surface area contributed by atoms with Crippen molar-refractivity contribution in [3.8, 4) is 0 Å². The van der Waals surface area contributed by atoms with Crippen molar-refractivity contribution in [3.05, 3.63) is 115 Å². The molecule has 0 atom stereocenters. The number of benzene rings is 6. The number of hydrogen-bond donors (Lipinski definition) is 6. The molecule has 274 valence electrons. The number of nitrogens with zero attached hydrogens (tertiary/aromatic N) is 3. The molecule has 17 nitrogen and oxygen atoms in total. The molecule has 0 spiro atoms. The van der Waals surface area contributed by atoms with Crippen LogP contribution in [0.4, 0.5) is 34.1 Å². The van der Waals surface area contributed by atoms with Gasteiger partial charge in [0.1, 0.15) is 9.79 Å². The highest BCUT2D eigenvalue weighted by atomic mass is 32.2. The second-order valence-electron chi connectivity index (χ2n) is 11.1. The van der Waals surface area contributed by atoms with Crippen molar-refractivity contribution in [3.63, 3.8) is 0 Å². The van der Waals surface area contributed by atoms with Gasteiger partial charge < -0.3 is 16.2 Å². The maximum Gasteiger partial charge on any atom is 0.296 e. The minimum absolute atomic E-state index is 0.00658.